The van der Waals surface area contributed by atoms with Crippen LogP contribution in [0.15, 0.2) is 24.3 Å². The van der Waals surface area contributed by atoms with Crippen LogP contribution in [0.3, 0.4) is 0 Å². The molecule has 82 valence electrons. The lowest BCUT2D eigenvalue weighted by molar-refractivity contribution is -0.138. The Labute approximate surface area is 103 Å². The Morgan fingerprint density at radius 1 is 1.40 bits per heavy atom. The fourth-order valence-electron chi connectivity index (χ4n) is 1.26. The van der Waals surface area contributed by atoms with Crippen molar-refractivity contribution in [2.24, 2.45) is 5.92 Å². The quantitative estimate of drug-likeness (QED) is 0.839. The van der Waals surface area contributed by atoms with Crippen LogP contribution in [-0.4, -0.2) is 17.1 Å². The SMILES string of the molecule is CC(C)C(Nc1ccccc1I)C(=O)O. The summed E-state index contributed by atoms with van der Waals surface area (Å²) in [6, 6.07) is 7.12. The lowest BCUT2D eigenvalue weighted by Gasteiger charge is -2.19. The van der Waals surface area contributed by atoms with Gasteiger partial charge < -0.3 is 10.4 Å². The van der Waals surface area contributed by atoms with Gasteiger partial charge in [-0.1, -0.05) is 26.0 Å². The van der Waals surface area contributed by atoms with E-state index in [-0.39, 0.29) is 5.92 Å². The number of carboxylic acid groups (broad SMARTS) is 1. The number of carbonyl (C=O) groups is 1. The van der Waals surface area contributed by atoms with Crippen molar-refractivity contribution >= 4 is 34.2 Å². The highest BCUT2D eigenvalue weighted by Gasteiger charge is 2.21. The highest BCUT2D eigenvalue weighted by atomic mass is 127. The maximum Gasteiger partial charge on any atom is 0.326 e. The molecular formula is C11H14INO2. The van der Waals surface area contributed by atoms with Crippen LogP contribution < -0.4 is 5.32 Å². The molecule has 1 atom stereocenters. The minimum absolute atomic E-state index is 0.0542. The fourth-order valence-corrected chi connectivity index (χ4v) is 1.80. The zero-order valence-corrected chi connectivity index (χ0v) is 10.9. The van der Waals surface area contributed by atoms with E-state index in [2.05, 4.69) is 27.9 Å². The van der Waals surface area contributed by atoms with Gasteiger partial charge in [0.25, 0.3) is 0 Å². The molecule has 0 aliphatic rings. The number of aliphatic carboxylic acids is 1. The van der Waals surface area contributed by atoms with Gasteiger partial charge in [-0.25, -0.2) is 4.79 Å². The predicted molar refractivity (Wildman–Crippen MR) is 69.0 cm³/mol. The molecule has 0 heterocycles. The third-order valence-corrected chi connectivity index (χ3v) is 3.06. The Morgan fingerprint density at radius 3 is 2.47 bits per heavy atom. The highest BCUT2D eigenvalue weighted by Crippen LogP contribution is 2.19. The number of hydrogen-bond acceptors (Lipinski definition) is 2. The minimum atomic E-state index is -0.815. The largest absolute Gasteiger partial charge is 0.480 e. The normalized spacial score (nSPS) is 12.5. The van der Waals surface area contributed by atoms with Crippen molar-refractivity contribution in [3.05, 3.63) is 27.8 Å². The van der Waals surface area contributed by atoms with E-state index >= 15 is 0 Å². The molecule has 0 amide bonds. The Balaban J connectivity index is 2.84. The molecule has 3 nitrogen and oxygen atoms in total. The molecule has 1 aromatic carbocycles. The van der Waals surface area contributed by atoms with Crippen LogP contribution in [-0.2, 0) is 4.79 Å². The van der Waals surface area contributed by atoms with Crippen LogP contribution in [0.5, 0.6) is 0 Å². The zero-order chi connectivity index (χ0) is 11.4. The van der Waals surface area contributed by atoms with Crippen molar-refractivity contribution in [2.75, 3.05) is 5.32 Å². The number of nitrogens with one attached hydrogen (secondary N) is 1. The van der Waals surface area contributed by atoms with E-state index in [4.69, 9.17) is 5.11 Å². The summed E-state index contributed by atoms with van der Waals surface area (Å²) in [5.41, 5.74) is 0.874. The van der Waals surface area contributed by atoms with Gasteiger partial charge in [-0.2, -0.15) is 0 Å². The van der Waals surface area contributed by atoms with Gasteiger partial charge in [0.05, 0.1) is 0 Å². The van der Waals surface area contributed by atoms with Gasteiger partial charge in [-0.05, 0) is 40.6 Å². The molecule has 1 unspecified atom stereocenters. The van der Waals surface area contributed by atoms with E-state index in [0.29, 0.717) is 0 Å². The lowest BCUT2D eigenvalue weighted by atomic mass is 10.0. The van der Waals surface area contributed by atoms with E-state index < -0.39 is 12.0 Å². The van der Waals surface area contributed by atoms with Gasteiger partial charge in [0.1, 0.15) is 6.04 Å². The third kappa shape index (κ3) is 3.37. The van der Waals surface area contributed by atoms with Crippen molar-refractivity contribution in [1.82, 2.24) is 0 Å². The second-order valence-electron chi connectivity index (χ2n) is 3.68. The van der Waals surface area contributed by atoms with Crippen LogP contribution in [0.2, 0.25) is 0 Å². The molecule has 0 aliphatic carbocycles. The monoisotopic (exact) mass is 319 g/mol. The zero-order valence-electron chi connectivity index (χ0n) is 8.70. The summed E-state index contributed by atoms with van der Waals surface area (Å²) < 4.78 is 1.03. The summed E-state index contributed by atoms with van der Waals surface area (Å²) in [5, 5.41) is 12.1. The average Bonchev–Trinajstić information content (AvgIpc) is 2.15. The van der Waals surface area contributed by atoms with Crippen LogP contribution in [0.25, 0.3) is 0 Å². The summed E-state index contributed by atoms with van der Waals surface area (Å²) in [6.07, 6.45) is 0. The van der Waals surface area contributed by atoms with E-state index in [1.165, 1.54) is 0 Å². The number of hydrogen-bond donors (Lipinski definition) is 2. The van der Waals surface area contributed by atoms with E-state index in [9.17, 15) is 4.79 Å². The maximum absolute atomic E-state index is 11.0. The molecule has 15 heavy (non-hydrogen) atoms. The molecule has 4 heteroatoms. The predicted octanol–water partition coefficient (Wildman–Crippen LogP) is 2.81. The van der Waals surface area contributed by atoms with Crippen LogP contribution in [0.1, 0.15) is 13.8 Å². The van der Waals surface area contributed by atoms with Crippen molar-refractivity contribution in [3.63, 3.8) is 0 Å². The molecule has 0 saturated carbocycles. The summed E-state index contributed by atoms with van der Waals surface area (Å²) in [6.45, 7) is 3.78. The smallest absolute Gasteiger partial charge is 0.326 e. The number of anilines is 1. The Hall–Kier alpha value is -0.780. The topological polar surface area (TPSA) is 49.3 Å². The average molecular weight is 319 g/mol. The molecule has 2 N–H and O–H groups in total. The van der Waals surface area contributed by atoms with Gasteiger partial charge in [0, 0.05) is 9.26 Å². The van der Waals surface area contributed by atoms with Gasteiger partial charge in [0.15, 0.2) is 0 Å². The molecule has 0 bridgehead atoms. The summed E-state index contributed by atoms with van der Waals surface area (Å²) >= 11 is 2.19. The number of carboxylic acids is 1. The van der Waals surface area contributed by atoms with Gasteiger partial charge in [0.2, 0.25) is 0 Å². The third-order valence-electron chi connectivity index (χ3n) is 2.12. The number of benzene rings is 1. The first-order valence-electron chi connectivity index (χ1n) is 4.76. The molecule has 0 radical (unpaired) electrons. The number of para-hydroxylation sites is 1. The Morgan fingerprint density at radius 2 is 2.00 bits per heavy atom. The summed E-state index contributed by atoms with van der Waals surface area (Å²) in [4.78, 5) is 11.0. The molecule has 1 rings (SSSR count). The standard InChI is InChI=1S/C11H14INO2/c1-7(2)10(11(14)15)13-9-6-4-3-5-8(9)12/h3-7,10,13H,1-2H3,(H,14,15). The molecule has 0 aromatic heterocycles. The molecule has 0 saturated heterocycles. The number of rotatable bonds is 4. The van der Waals surface area contributed by atoms with Crippen molar-refractivity contribution in [2.45, 2.75) is 19.9 Å². The van der Waals surface area contributed by atoms with Crippen LogP contribution >= 0.6 is 22.6 Å². The second-order valence-corrected chi connectivity index (χ2v) is 4.85. The summed E-state index contributed by atoms with van der Waals surface area (Å²) in [5.74, 6) is -0.761. The van der Waals surface area contributed by atoms with Crippen molar-refractivity contribution < 1.29 is 9.90 Å². The minimum Gasteiger partial charge on any atom is -0.480 e. The fraction of sp³-hybridized carbons (Fsp3) is 0.364. The Kier molecular flexibility index (Phi) is 4.38. The van der Waals surface area contributed by atoms with E-state index in [0.717, 1.165) is 9.26 Å². The lowest BCUT2D eigenvalue weighted by Crippen LogP contribution is -2.34. The summed E-state index contributed by atoms with van der Waals surface area (Å²) in [7, 11) is 0. The highest BCUT2D eigenvalue weighted by molar-refractivity contribution is 14.1. The first kappa shape index (κ1) is 12.3. The van der Waals surface area contributed by atoms with Crippen molar-refractivity contribution in [3.8, 4) is 0 Å². The first-order chi connectivity index (χ1) is 7.02. The number of halogens is 1. The first-order valence-corrected chi connectivity index (χ1v) is 5.84. The second kappa shape index (κ2) is 5.34. The van der Waals surface area contributed by atoms with Crippen molar-refractivity contribution in [1.29, 1.82) is 0 Å². The van der Waals surface area contributed by atoms with Gasteiger partial charge in [-0.15, -0.1) is 0 Å². The van der Waals surface area contributed by atoms with E-state index in [1.54, 1.807) is 0 Å². The van der Waals surface area contributed by atoms with Crippen LogP contribution in [0.4, 0.5) is 5.69 Å². The molecule has 0 fully saturated rings. The van der Waals surface area contributed by atoms with Crippen LogP contribution in [0, 0.1) is 9.49 Å². The molecule has 0 aliphatic heterocycles. The molecule has 1 aromatic rings. The molecule has 0 spiro atoms. The Bertz CT molecular complexity index is 352. The van der Waals surface area contributed by atoms with Gasteiger partial charge in [-0.3, -0.25) is 0 Å². The maximum atomic E-state index is 11.0. The van der Waals surface area contributed by atoms with E-state index in [1.807, 2.05) is 38.1 Å². The van der Waals surface area contributed by atoms with Gasteiger partial charge >= 0.3 is 5.97 Å². The molecular weight excluding hydrogens is 305 g/mol.